The van der Waals surface area contributed by atoms with E-state index in [0.717, 1.165) is 5.56 Å². The van der Waals surface area contributed by atoms with Gasteiger partial charge in [-0.25, -0.2) is 0 Å². The minimum absolute atomic E-state index is 0.198. The smallest absolute Gasteiger partial charge is 0.236 e. The average molecular weight is 283 g/mol. The summed E-state index contributed by atoms with van der Waals surface area (Å²) in [6, 6.07) is 9.38. The van der Waals surface area contributed by atoms with Crippen molar-refractivity contribution in [3.05, 3.63) is 60.7 Å². The molecule has 4 nitrogen and oxygen atoms in total. The summed E-state index contributed by atoms with van der Waals surface area (Å²) in [4.78, 5) is 26.3. The molecule has 0 bridgehead atoms. The number of likely N-dealkylation sites (tertiary alicyclic amines) is 1. The number of carbonyl (C=O) groups excluding carboxylic acids is 2. The van der Waals surface area contributed by atoms with Gasteiger partial charge in [0.25, 0.3) is 0 Å². The van der Waals surface area contributed by atoms with Crippen LogP contribution in [0.3, 0.4) is 0 Å². The quantitative estimate of drug-likeness (QED) is 0.676. The number of rotatable bonds is 3. The molecule has 1 aromatic carbocycles. The SMILES string of the molecule is C=C[C@H]1C=C[C@@H](O)[C@H]2C(=O)N(Cc3ccccc3)C(=O)[C@@H]12. The molecule has 21 heavy (non-hydrogen) atoms. The van der Waals surface area contributed by atoms with Crippen molar-refractivity contribution in [2.24, 2.45) is 17.8 Å². The van der Waals surface area contributed by atoms with Gasteiger partial charge in [-0.15, -0.1) is 6.58 Å². The van der Waals surface area contributed by atoms with Gasteiger partial charge in [0.2, 0.25) is 11.8 Å². The van der Waals surface area contributed by atoms with Gasteiger partial charge in [-0.3, -0.25) is 14.5 Å². The number of amides is 2. The molecule has 1 heterocycles. The maximum atomic E-state index is 12.6. The van der Waals surface area contributed by atoms with E-state index in [1.165, 1.54) is 4.90 Å². The number of allylic oxidation sites excluding steroid dienone is 2. The highest BCUT2D eigenvalue weighted by Gasteiger charge is 2.53. The zero-order chi connectivity index (χ0) is 15.0. The number of carbonyl (C=O) groups is 2. The first-order chi connectivity index (χ1) is 10.1. The number of hydrogen-bond acceptors (Lipinski definition) is 3. The zero-order valence-corrected chi connectivity index (χ0v) is 11.6. The van der Waals surface area contributed by atoms with Crippen LogP contribution in [0, 0.1) is 17.8 Å². The molecule has 0 unspecified atom stereocenters. The van der Waals surface area contributed by atoms with E-state index in [9.17, 15) is 14.7 Å². The molecule has 0 aromatic heterocycles. The van der Waals surface area contributed by atoms with Crippen molar-refractivity contribution in [3.8, 4) is 0 Å². The van der Waals surface area contributed by atoms with Crippen molar-refractivity contribution in [3.63, 3.8) is 0 Å². The first kappa shape index (κ1) is 13.8. The first-order valence-electron chi connectivity index (χ1n) is 7.01. The molecule has 4 atom stereocenters. The van der Waals surface area contributed by atoms with Gasteiger partial charge in [0.05, 0.1) is 24.5 Å². The van der Waals surface area contributed by atoms with Crippen LogP contribution in [0.4, 0.5) is 0 Å². The monoisotopic (exact) mass is 283 g/mol. The Balaban J connectivity index is 1.90. The summed E-state index contributed by atoms with van der Waals surface area (Å²) in [5, 5.41) is 10.0. The van der Waals surface area contributed by atoms with Crippen LogP contribution in [0.5, 0.6) is 0 Å². The second kappa shape index (κ2) is 5.30. The summed E-state index contributed by atoms with van der Waals surface area (Å²) in [6.45, 7) is 3.98. The highest BCUT2D eigenvalue weighted by molar-refractivity contribution is 6.06. The Morgan fingerprint density at radius 3 is 2.43 bits per heavy atom. The van der Waals surface area contributed by atoms with Gasteiger partial charge in [-0.05, 0) is 5.56 Å². The molecule has 2 amide bonds. The number of fused-ring (bicyclic) bond motifs is 1. The maximum Gasteiger partial charge on any atom is 0.236 e. The summed E-state index contributed by atoms with van der Waals surface area (Å²) < 4.78 is 0. The van der Waals surface area contributed by atoms with Crippen LogP contribution >= 0.6 is 0 Å². The van der Waals surface area contributed by atoms with Gasteiger partial charge < -0.3 is 5.11 Å². The van der Waals surface area contributed by atoms with E-state index in [1.54, 1.807) is 18.2 Å². The van der Waals surface area contributed by atoms with Gasteiger partial charge in [0.15, 0.2) is 0 Å². The summed E-state index contributed by atoms with van der Waals surface area (Å²) in [5.41, 5.74) is 0.899. The molecule has 1 aromatic rings. The highest BCUT2D eigenvalue weighted by atomic mass is 16.3. The van der Waals surface area contributed by atoms with Crippen molar-refractivity contribution in [2.75, 3.05) is 0 Å². The van der Waals surface area contributed by atoms with Gasteiger partial charge in [-0.2, -0.15) is 0 Å². The maximum absolute atomic E-state index is 12.6. The van der Waals surface area contributed by atoms with E-state index >= 15 is 0 Å². The molecule has 2 aliphatic rings. The Bertz CT molecular complexity index is 608. The molecule has 1 N–H and O–H groups in total. The summed E-state index contributed by atoms with van der Waals surface area (Å²) in [5.74, 6) is -1.93. The Labute approximate surface area is 123 Å². The average Bonchev–Trinajstić information content (AvgIpc) is 2.75. The van der Waals surface area contributed by atoms with E-state index in [0.29, 0.717) is 0 Å². The van der Waals surface area contributed by atoms with Crippen LogP contribution in [-0.2, 0) is 16.1 Å². The molecule has 0 radical (unpaired) electrons. The number of aliphatic hydroxyl groups excluding tert-OH is 1. The third kappa shape index (κ3) is 2.21. The molecular weight excluding hydrogens is 266 g/mol. The lowest BCUT2D eigenvalue weighted by atomic mass is 9.76. The van der Waals surface area contributed by atoms with Crippen molar-refractivity contribution in [1.29, 1.82) is 0 Å². The lowest BCUT2D eigenvalue weighted by molar-refractivity contribution is -0.141. The van der Waals surface area contributed by atoms with Gasteiger partial charge in [0.1, 0.15) is 0 Å². The molecule has 1 aliphatic carbocycles. The molecule has 4 heteroatoms. The number of benzene rings is 1. The van der Waals surface area contributed by atoms with Gasteiger partial charge in [0, 0.05) is 5.92 Å². The van der Waals surface area contributed by atoms with E-state index in [-0.39, 0.29) is 24.3 Å². The fourth-order valence-corrected chi connectivity index (χ4v) is 3.17. The third-order valence-corrected chi connectivity index (χ3v) is 4.26. The van der Waals surface area contributed by atoms with Crippen LogP contribution in [0.2, 0.25) is 0 Å². The van der Waals surface area contributed by atoms with Gasteiger partial charge >= 0.3 is 0 Å². The van der Waals surface area contributed by atoms with Crippen molar-refractivity contribution in [2.45, 2.75) is 12.6 Å². The van der Waals surface area contributed by atoms with Crippen LogP contribution < -0.4 is 0 Å². The highest BCUT2D eigenvalue weighted by Crippen LogP contribution is 2.39. The van der Waals surface area contributed by atoms with Crippen LogP contribution in [0.25, 0.3) is 0 Å². The van der Waals surface area contributed by atoms with Gasteiger partial charge in [-0.1, -0.05) is 48.6 Å². The molecule has 0 spiro atoms. The minimum atomic E-state index is -0.900. The Morgan fingerprint density at radius 2 is 1.76 bits per heavy atom. The van der Waals surface area contributed by atoms with E-state index in [4.69, 9.17) is 0 Å². The zero-order valence-electron chi connectivity index (χ0n) is 11.6. The van der Waals surface area contributed by atoms with Crippen LogP contribution in [0.15, 0.2) is 55.1 Å². The normalized spacial score (nSPS) is 31.4. The molecule has 0 saturated carbocycles. The molecule has 3 rings (SSSR count). The Kier molecular flexibility index (Phi) is 3.47. The Hall–Kier alpha value is -2.20. The van der Waals surface area contributed by atoms with Crippen LogP contribution in [-0.4, -0.2) is 27.9 Å². The second-order valence-electron chi connectivity index (χ2n) is 5.49. The van der Waals surface area contributed by atoms with Crippen molar-refractivity contribution in [1.82, 2.24) is 4.90 Å². The number of imide groups is 1. The fourth-order valence-electron chi connectivity index (χ4n) is 3.17. The molecular formula is C17H17NO3. The standard InChI is InChI=1S/C17H17NO3/c1-2-12-8-9-13(19)15-14(12)16(20)18(17(15)21)10-11-6-4-3-5-7-11/h2-9,12-15,19H,1,10H2/t12-,13+,14-,15+/m0/s1. The third-order valence-electron chi connectivity index (χ3n) is 4.26. The Morgan fingerprint density at radius 1 is 1.10 bits per heavy atom. The summed E-state index contributed by atoms with van der Waals surface area (Å²) >= 11 is 0. The van der Waals surface area contributed by atoms with E-state index < -0.39 is 17.9 Å². The topological polar surface area (TPSA) is 57.6 Å². The van der Waals surface area contributed by atoms with Crippen LogP contribution in [0.1, 0.15) is 5.56 Å². The summed E-state index contributed by atoms with van der Waals surface area (Å²) in [7, 11) is 0. The fraction of sp³-hybridized carbons (Fsp3) is 0.294. The van der Waals surface area contributed by atoms with E-state index in [1.807, 2.05) is 30.3 Å². The molecule has 108 valence electrons. The number of hydrogen-bond donors (Lipinski definition) is 1. The van der Waals surface area contributed by atoms with Crippen molar-refractivity contribution >= 4 is 11.8 Å². The van der Waals surface area contributed by atoms with E-state index in [2.05, 4.69) is 6.58 Å². The second-order valence-corrected chi connectivity index (χ2v) is 5.49. The number of nitrogens with zero attached hydrogens (tertiary/aromatic N) is 1. The molecule has 1 fully saturated rings. The molecule has 1 aliphatic heterocycles. The first-order valence-corrected chi connectivity index (χ1v) is 7.01. The predicted molar refractivity (Wildman–Crippen MR) is 77.8 cm³/mol. The lowest BCUT2D eigenvalue weighted by Gasteiger charge is -2.27. The predicted octanol–water partition coefficient (Wildman–Crippen LogP) is 1.52. The summed E-state index contributed by atoms with van der Waals surface area (Å²) in [6.07, 6.45) is 4.11. The van der Waals surface area contributed by atoms with Crippen molar-refractivity contribution < 1.29 is 14.7 Å². The largest absolute Gasteiger partial charge is 0.388 e. The number of aliphatic hydroxyl groups is 1. The minimum Gasteiger partial charge on any atom is -0.388 e. The lowest BCUT2D eigenvalue weighted by Crippen LogP contribution is -2.36. The molecule has 1 saturated heterocycles.